The van der Waals surface area contributed by atoms with Crippen LogP contribution in [0.4, 0.5) is 0 Å². The Morgan fingerprint density at radius 3 is 2.00 bits per heavy atom. The SMILES string of the molecule is CCCN(C)CCC(CC)c1ccc(C(C)C)cc1. The van der Waals surface area contributed by atoms with E-state index in [1.807, 2.05) is 0 Å². The molecule has 0 spiro atoms. The van der Waals surface area contributed by atoms with E-state index >= 15 is 0 Å². The van der Waals surface area contributed by atoms with Gasteiger partial charge in [-0.25, -0.2) is 0 Å². The Morgan fingerprint density at radius 1 is 0.947 bits per heavy atom. The maximum Gasteiger partial charge on any atom is -0.00160 e. The van der Waals surface area contributed by atoms with Crippen LogP contribution in [0.3, 0.4) is 0 Å². The third-order valence-corrected chi connectivity index (χ3v) is 4.03. The zero-order chi connectivity index (χ0) is 14.3. The lowest BCUT2D eigenvalue weighted by Gasteiger charge is -2.21. The van der Waals surface area contributed by atoms with Gasteiger partial charge in [0.2, 0.25) is 0 Å². The van der Waals surface area contributed by atoms with E-state index in [-0.39, 0.29) is 0 Å². The van der Waals surface area contributed by atoms with Gasteiger partial charge in [-0.1, -0.05) is 52.0 Å². The second kappa shape index (κ2) is 8.37. The van der Waals surface area contributed by atoms with Crippen molar-refractivity contribution in [3.8, 4) is 0 Å². The third-order valence-electron chi connectivity index (χ3n) is 4.03. The van der Waals surface area contributed by atoms with Crippen LogP contribution in [-0.4, -0.2) is 25.0 Å². The molecule has 0 bridgehead atoms. The fraction of sp³-hybridized carbons (Fsp3) is 0.667. The molecule has 108 valence electrons. The van der Waals surface area contributed by atoms with Crippen LogP contribution in [0, 0.1) is 0 Å². The van der Waals surface area contributed by atoms with Crippen LogP contribution in [0.15, 0.2) is 24.3 Å². The van der Waals surface area contributed by atoms with Gasteiger partial charge in [0.05, 0.1) is 0 Å². The van der Waals surface area contributed by atoms with Crippen LogP contribution < -0.4 is 0 Å². The Labute approximate surface area is 120 Å². The molecule has 1 rings (SSSR count). The minimum atomic E-state index is 0.629. The van der Waals surface area contributed by atoms with Crippen molar-refractivity contribution >= 4 is 0 Å². The minimum absolute atomic E-state index is 0.629. The van der Waals surface area contributed by atoms with Crippen molar-refractivity contribution in [3.63, 3.8) is 0 Å². The van der Waals surface area contributed by atoms with E-state index in [1.54, 1.807) is 0 Å². The molecule has 0 aliphatic heterocycles. The van der Waals surface area contributed by atoms with Crippen LogP contribution >= 0.6 is 0 Å². The predicted octanol–water partition coefficient (Wildman–Crippen LogP) is 5.04. The second-order valence-corrected chi connectivity index (χ2v) is 6.02. The van der Waals surface area contributed by atoms with E-state index in [4.69, 9.17) is 0 Å². The summed E-state index contributed by atoms with van der Waals surface area (Å²) in [5.74, 6) is 1.34. The number of rotatable bonds is 8. The summed E-state index contributed by atoms with van der Waals surface area (Å²) < 4.78 is 0. The first-order chi connectivity index (χ1) is 9.08. The van der Waals surface area contributed by atoms with Gasteiger partial charge in [0.25, 0.3) is 0 Å². The highest BCUT2D eigenvalue weighted by Crippen LogP contribution is 2.25. The monoisotopic (exact) mass is 261 g/mol. The highest BCUT2D eigenvalue weighted by molar-refractivity contribution is 5.27. The molecule has 0 radical (unpaired) electrons. The molecule has 0 aliphatic carbocycles. The van der Waals surface area contributed by atoms with Crippen LogP contribution in [-0.2, 0) is 0 Å². The smallest absolute Gasteiger partial charge is 0.00160 e. The topological polar surface area (TPSA) is 3.24 Å². The maximum absolute atomic E-state index is 2.45. The molecule has 0 aliphatic rings. The zero-order valence-electron chi connectivity index (χ0n) is 13.4. The van der Waals surface area contributed by atoms with Crippen molar-refractivity contribution in [1.29, 1.82) is 0 Å². The Bertz CT molecular complexity index is 339. The molecule has 1 unspecified atom stereocenters. The van der Waals surface area contributed by atoms with E-state index in [0.29, 0.717) is 11.8 Å². The van der Waals surface area contributed by atoms with E-state index in [0.717, 1.165) is 0 Å². The van der Waals surface area contributed by atoms with Crippen molar-refractivity contribution in [2.24, 2.45) is 0 Å². The largest absolute Gasteiger partial charge is 0.306 e. The first-order valence-corrected chi connectivity index (χ1v) is 7.86. The summed E-state index contributed by atoms with van der Waals surface area (Å²) in [5.41, 5.74) is 2.96. The molecule has 1 aromatic carbocycles. The lowest BCUT2D eigenvalue weighted by Crippen LogP contribution is -2.22. The molecule has 0 aromatic heterocycles. The molecule has 0 saturated heterocycles. The summed E-state index contributed by atoms with van der Waals surface area (Å²) in [5, 5.41) is 0. The summed E-state index contributed by atoms with van der Waals surface area (Å²) in [6.45, 7) is 11.5. The van der Waals surface area contributed by atoms with Gasteiger partial charge in [-0.15, -0.1) is 0 Å². The highest BCUT2D eigenvalue weighted by Gasteiger charge is 2.11. The predicted molar refractivity (Wildman–Crippen MR) is 86.0 cm³/mol. The Morgan fingerprint density at radius 2 is 1.53 bits per heavy atom. The van der Waals surface area contributed by atoms with E-state index < -0.39 is 0 Å². The molecule has 1 atom stereocenters. The van der Waals surface area contributed by atoms with Crippen LogP contribution in [0.5, 0.6) is 0 Å². The van der Waals surface area contributed by atoms with Gasteiger partial charge in [0.1, 0.15) is 0 Å². The quantitative estimate of drug-likeness (QED) is 0.634. The van der Waals surface area contributed by atoms with Gasteiger partial charge in [-0.3, -0.25) is 0 Å². The standard InChI is InChI=1S/C18H31N/c1-6-13-19(5)14-12-16(7-2)18-10-8-17(9-11-18)15(3)4/h8-11,15-16H,6-7,12-14H2,1-5H3. The number of benzene rings is 1. The number of hydrogen-bond acceptors (Lipinski definition) is 1. The zero-order valence-corrected chi connectivity index (χ0v) is 13.4. The van der Waals surface area contributed by atoms with Crippen LogP contribution in [0.2, 0.25) is 0 Å². The lowest BCUT2D eigenvalue weighted by atomic mass is 9.91. The first kappa shape index (κ1) is 16.2. The normalized spacial score (nSPS) is 13.2. The average Bonchev–Trinajstić information content (AvgIpc) is 2.40. The number of hydrogen-bond donors (Lipinski definition) is 0. The van der Waals surface area contributed by atoms with Gasteiger partial charge in [0, 0.05) is 0 Å². The molecule has 0 amide bonds. The van der Waals surface area contributed by atoms with Crippen LogP contribution in [0.1, 0.15) is 69.9 Å². The molecular formula is C18H31N. The third kappa shape index (κ3) is 5.36. The summed E-state index contributed by atoms with van der Waals surface area (Å²) in [6.07, 6.45) is 3.76. The number of nitrogens with zero attached hydrogens (tertiary/aromatic N) is 1. The summed E-state index contributed by atoms with van der Waals surface area (Å²) in [4.78, 5) is 2.45. The molecule has 1 heteroatoms. The molecule has 19 heavy (non-hydrogen) atoms. The van der Waals surface area contributed by atoms with Gasteiger partial charge in [-0.05, 0) is 62.4 Å². The maximum atomic E-state index is 2.45. The first-order valence-electron chi connectivity index (χ1n) is 7.86. The van der Waals surface area contributed by atoms with Crippen molar-refractivity contribution in [3.05, 3.63) is 35.4 Å². The molecule has 1 aromatic rings. The average molecular weight is 261 g/mol. The van der Waals surface area contributed by atoms with Gasteiger partial charge in [0.15, 0.2) is 0 Å². The fourth-order valence-corrected chi connectivity index (χ4v) is 2.63. The van der Waals surface area contributed by atoms with Gasteiger partial charge < -0.3 is 4.90 Å². The molecule has 0 heterocycles. The highest BCUT2D eigenvalue weighted by atomic mass is 15.1. The second-order valence-electron chi connectivity index (χ2n) is 6.02. The summed E-state index contributed by atoms with van der Waals surface area (Å²) in [6, 6.07) is 9.28. The summed E-state index contributed by atoms with van der Waals surface area (Å²) in [7, 11) is 2.23. The van der Waals surface area contributed by atoms with E-state index in [2.05, 4.69) is 63.9 Å². The van der Waals surface area contributed by atoms with Gasteiger partial charge in [-0.2, -0.15) is 0 Å². The fourth-order valence-electron chi connectivity index (χ4n) is 2.63. The minimum Gasteiger partial charge on any atom is -0.306 e. The lowest BCUT2D eigenvalue weighted by molar-refractivity contribution is 0.317. The van der Waals surface area contributed by atoms with Crippen LogP contribution in [0.25, 0.3) is 0 Å². The Balaban J connectivity index is 2.59. The molecule has 0 saturated carbocycles. The van der Waals surface area contributed by atoms with E-state index in [1.165, 1.54) is 43.5 Å². The van der Waals surface area contributed by atoms with Crippen molar-refractivity contribution in [1.82, 2.24) is 4.90 Å². The summed E-state index contributed by atoms with van der Waals surface area (Å²) >= 11 is 0. The molecule has 1 nitrogen and oxygen atoms in total. The van der Waals surface area contributed by atoms with Crippen molar-refractivity contribution in [2.45, 2.75) is 58.8 Å². The van der Waals surface area contributed by atoms with Gasteiger partial charge >= 0.3 is 0 Å². The molecular weight excluding hydrogens is 230 g/mol. The molecule has 0 N–H and O–H groups in total. The molecule has 0 fully saturated rings. The Hall–Kier alpha value is -0.820. The Kier molecular flexibility index (Phi) is 7.15. The van der Waals surface area contributed by atoms with Crippen molar-refractivity contribution < 1.29 is 0 Å². The van der Waals surface area contributed by atoms with Crippen molar-refractivity contribution in [2.75, 3.05) is 20.1 Å². The van der Waals surface area contributed by atoms with E-state index in [9.17, 15) is 0 Å².